The molecular formula is C80H108O31. The lowest BCUT2D eigenvalue weighted by Gasteiger charge is -2.27. The van der Waals surface area contributed by atoms with Crippen LogP contribution in [-0.4, -0.2) is 202 Å². The number of esters is 14. The van der Waals surface area contributed by atoms with Crippen molar-refractivity contribution in [3.05, 3.63) is 201 Å². The van der Waals surface area contributed by atoms with Crippen LogP contribution in [0.2, 0.25) is 0 Å². The van der Waals surface area contributed by atoms with E-state index in [0.717, 1.165) is 124 Å². The van der Waals surface area contributed by atoms with Crippen molar-refractivity contribution in [3.8, 4) is 11.5 Å². The smallest absolute Gasteiger partial charge is 0.335 e. The molecule has 0 aliphatic heterocycles. The predicted molar refractivity (Wildman–Crippen MR) is 407 cm³/mol. The predicted octanol–water partition coefficient (Wildman–Crippen LogP) is 9.51. The molecule has 1 saturated carbocycles. The fourth-order valence-electron chi connectivity index (χ4n) is 6.84. The molecule has 0 bridgehead atoms. The number of carbonyl (C=O) groups excluding carboxylic acids is 14. The minimum Gasteiger partial charge on any atom is -0.463 e. The molecule has 31 nitrogen and oxygen atoms in total. The Morgan fingerprint density at radius 3 is 0.757 bits per heavy atom. The first-order valence-electron chi connectivity index (χ1n) is 34.3. The molecule has 1 fully saturated rings. The van der Waals surface area contributed by atoms with Crippen molar-refractivity contribution in [1.29, 1.82) is 0 Å². The quantitative estimate of drug-likeness (QED) is 0.0192. The lowest BCUT2D eigenvalue weighted by Crippen LogP contribution is -2.23. The highest BCUT2D eigenvalue weighted by molar-refractivity contribution is 5.86. The summed E-state index contributed by atoms with van der Waals surface area (Å²) in [5.74, 6) is -5.03. The van der Waals surface area contributed by atoms with Gasteiger partial charge in [-0.25, -0.2) is 67.1 Å². The molecule has 2 rings (SSSR count). The average Bonchev–Trinajstić information content (AvgIpc) is 0.900. The molecule has 1 aromatic carbocycles. The molecule has 0 aromatic heterocycles. The van der Waals surface area contributed by atoms with Crippen LogP contribution in [-0.2, 0) is 138 Å². The Morgan fingerprint density at radius 2 is 0.505 bits per heavy atom. The van der Waals surface area contributed by atoms with Gasteiger partial charge in [-0.2, -0.15) is 0 Å². The minimum atomic E-state index is -0.577. The molecule has 0 heterocycles. The molecule has 614 valence electrons. The van der Waals surface area contributed by atoms with Crippen LogP contribution in [0, 0.1) is 11.8 Å². The number of rotatable bonds is 51. The second-order valence-corrected chi connectivity index (χ2v) is 20.8. The summed E-state index contributed by atoms with van der Waals surface area (Å²) in [6, 6.07) is 6.14. The molecule has 0 N–H and O–H groups in total. The first-order chi connectivity index (χ1) is 53.2. The van der Waals surface area contributed by atoms with Crippen molar-refractivity contribution >= 4 is 83.6 Å². The minimum absolute atomic E-state index is 0.153. The van der Waals surface area contributed by atoms with Crippen LogP contribution < -0.4 is 9.47 Å². The van der Waals surface area contributed by atoms with Gasteiger partial charge in [-0.1, -0.05) is 98.2 Å². The van der Waals surface area contributed by atoms with E-state index in [2.05, 4.69) is 111 Å². The first kappa shape index (κ1) is 108. The van der Waals surface area contributed by atoms with Crippen LogP contribution in [0.25, 0.3) is 0 Å². The van der Waals surface area contributed by atoms with Crippen LogP contribution in [0.4, 0.5) is 0 Å². The van der Waals surface area contributed by atoms with E-state index in [1.54, 1.807) is 25.1 Å². The molecule has 1 aliphatic carbocycles. The zero-order chi connectivity index (χ0) is 84.5. The summed E-state index contributed by atoms with van der Waals surface area (Å²) in [6.45, 7) is 52.7. The van der Waals surface area contributed by atoms with E-state index in [9.17, 15) is 67.1 Å². The molecule has 0 radical (unpaired) electrons. The number of hydrogen-bond donors (Lipinski definition) is 0. The Labute approximate surface area is 649 Å². The van der Waals surface area contributed by atoms with E-state index >= 15 is 0 Å². The van der Waals surface area contributed by atoms with Gasteiger partial charge < -0.3 is 80.5 Å². The van der Waals surface area contributed by atoms with E-state index in [-0.39, 0.29) is 87.7 Å². The third kappa shape index (κ3) is 78.9. The molecule has 0 amide bonds. The van der Waals surface area contributed by atoms with E-state index in [1.807, 2.05) is 0 Å². The molecule has 0 saturated heterocycles. The average molecular weight is 1570 g/mol. The van der Waals surface area contributed by atoms with Crippen molar-refractivity contribution in [1.82, 2.24) is 0 Å². The van der Waals surface area contributed by atoms with E-state index in [1.165, 1.54) is 18.2 Å². The molecule has 111 heavy (non-hydrogen) atoms. The zero-order valence-corrected chi connectivity index (χ0v) is 63.5. The topological polar surface area (TPSA) is 396 Å². The maximum absolute atomic E-state index is 10.9. The standard InChI is InChI=1S/C14H20O4.C12H18O6.C12H10O4.C12H18O4.C10H14O5.2C10H14O4/c1-3-13(15)17-9-11-5-7-12(8-6-11)10-18-14(16)4-2;1-3-11(13)17-9-7-15-5-6-16-8-10-18-12(14)4-2;1-3-11(13)15-9-6-5-7-10(8-9)16-12(14)4-2;1-3-11(13)15-9-7-5-6-8-10-16-12(14)4-2;1-3-9(11)14-7-5-13-6-8-15-10(12)4-2;1-4-9(11)13-7-6-8(3)14-10(12)5-2;1-3-9(11)13-7-5-6-8-14-10(12)4-2/h3-4,11-12H,1-2,5-10H2;3-4H,1-2,5-10H2;3-8H,1-2H2;3-4H,1-2,5-10H2;3-4H,1-2,5-8H2;4-5,8H,1-2,6-7H2,3H3;3-4H,1-2,5-8H2. The summed E-state index contributed by atoms with van der Waals surface area (Å²) in [7, 11) is 0. The fourth-order valence-corrected chi connectivity index (χ4v) is 6.84. The van der Waals surface area contributed by atoms with Crippen LogP contribution >= 0.6 is 0 Å². The van der Waals surface area contributed by atoms with Crippen LogP contribution in [0.15, 0.2) is 201 Å². The van der Waals surface area contributed by atoms with Gasteiger partial charge in [-0.05, 0) is 95.1 Å². The maximum Gasteiger partial charge on any atom is 0.335 e. The van der Waals surface area contributed by atoms with Gasteiger partial charge in [0.15, 0.2) is 0 Å². The van der Waals surface area contributed by atoms with Crippen molar-refractivity contribution < 1.29 is 148 Å². The summed E-state index contributed by atoms with van der Waals surface area (Å²) in [4.78, 5) is 150. The Kier molecular flexibility index (Phi) is 76.7. The van der Waals surface area contributed by atoms with Crippen LogP contribution in [0.3, 0.4) is 0 Å². The highest BCUT2D eigenvalue weighted by Crippen LogP contribution is 2.29. The normalized spacial score (nSPS) is 11.6. The highest BCUT2D eigenvalue weighted by atomic mass is 16.6. The van der Waals surface area contributed by atoms with E-state index in [4.69, 9.17) is 61.6 Å². The number of benzene rings is 1. The second kappa shape index (κ2) is 79.1. The first-order valence-corrected chi connectivity index (χ1v) is 34.3. The Hall–Kier alpha value is -12.0. The third-order valence-corrected chi connectivity index (χ3v) is 12.4. The Bertz CT molecular complexity index is 2900. The van der Waals surface area contributed by atoms with Crippen molar-refractivity contribution in [2.45, 2.75) is 83.7 Å². The Morgan fingerprint density at radius 1 is 0.288 bits per heavy atom. The highest BCUT2D eigenvalue weighted by Gasteiger charge is 2.23. The fraction of sp³-hybridized carbons (Fsp3) is 0.400. The number of unbranched alkanes of at least 4 members (excludes halogenated alkanes) is 4. The third-order valence-electron chi connectivity index (χ3n) is 12.4. The number of carbonyl (C=O) groups is 14. The lowest BCUT2D eigenvalue weighted by molar-refractivity contribution is -0.145. The van der Waals surface area contributed by atoms with Crippen molar-refractivity contribution in [2.24, 2.45) is 11.8 Å². The second-order valence-electron chi connectivity index (χ2n) is 20.8. The number of ether oxygens (including phenoxy) is 17. The van der Waals surface area contributed by atoms with Crippen LogP contribution in [0.5, 0.6) is 11.5 Å². The van der Waals surface area contributed by atoms with Gasteiger partial charge in [0.1, 0.15) is 44.0 Å². The molecule has 1 unspecified atom stereocenters. The molecule has 1 aromatic rings. The van der Waals surface area contributed by atoms with Gasteiger partial charge in [-0.15, -0.1) is 0 Å². The molecule has 0 spiro atoms. The van der Waals surface area contributed by atoms with Gasteiger partial charge in [0.05, 0.1) is 85.9 Å². The molecular weight excluding hydrogens is 1460 g/mol. The monoisotopic (exact) mass is 1560 g/mol. The summed E-state index contributed by atoms with van der Waals surface area (Å²) in [5, 5.41) is 0. The summed E-state index contributed by atoms with van der Waals surface area (Å²) < 4.78 is 82.2. The van der Waals surface area contributed by atoms with Gasteiger partial charge in [0, 0.05) is 97.6 Å². The van der Waals surface area contributed by atoms with Crippen molar-refractivity contribution in [3.63, 3.8) is 0 Å². The van der Waals surface area contributed by atoms with E-state index < -0.39 is 59.7 Å². The Balaban J connectivity index is -0.000000395. The van der Waals surface area contributed by atoms with Crippen molar-refractivity contribution in [2.75, 3.05) is 112 Å². The van der Waals surface area contributed by atoms with Gasteiger partial charge in [-0.3, -0.25) is 0 Å². The van der Waals surface area contributed by atoms with E-state index in [0.29, 0.717) is 97.2 Å². The van der Waals surface area contributed by atoms with Gasteiger partial charge >= 0.3 is 83.6 Å². The van der Waals surface area contributed by atoms with Crippen LogP contribution in [0.1, 0.15) is 77.6 Å². The van der Waals surface area contributed by atoms with Gasteiger partial charge in [0.25, 0.3) is 0 Å². The summed E-state index contributed by atoms with van der Waals surface area (Å²) >= 11 is 0. The van der Waals surface area contributed by atoms with Gasteiger partial charge in [0.2, 0.25) is 0 Å². The summed E-state index contributed by atoms with van der Waals surface area (Å²) in [6.07, 6.45) is 24.5. The zero-order valence-electron chi connectivity index (χ0n) is 63.5. The molecule has 1 atom stereocenters. The molecule has 31 heteroatoms. The lowest BCUT2D eigenvalue weighted by atomic mass is 9.83. The largest absolute Gasteiger partial charge is 0.463 e. The molecule has 1 aliphatic rings. The number of hydrogen-bond acceptors (Lipinski definition) is 31. The summed E-state index contributed by atoms with van der Waals surface area (Å²) in [5.41, 5.74) is 0. The maximum atomic E-state index is 10.9. The SMILES string of the molecule is C=CC(=O)OCC1CCC(COC(=O)C=C)CC1.C=CC(=O)OCCC(C)OC(=O)C=C.C=CC(=O)OCCCCCCOC(=O)C=C.C=CC(=O)OCCCCOC(=O)C=C.C=CC(=O)OCCOCCOC(=O)C=C.C=CC(=O)OCCOCCOCCOC(=O)C=C.C=CC(=O)Oc1cccc(OC(=O)C=C)c1.